The Kier molecular flexibility index (Phi) is 4.32. The van der Waals surface area contributed by atoms with E-state index in [2.05, 4.69) is 5.32 Å². The van der Waals surface area contributed by atoms with Gasteiger partial charge in [-0.15, -0.1) is 0 Å². The molecule has 1 heterocycles. The van der Waals surface area contributed by atoms with Gasteiger partial charge in [-0.05, 0) is 18.2 Å². The van der Waals surface area contributed by atoms with E-state index in [9.17, 15) is 14.3 Å². The number of furan rings is 1. The first kappa shape index (κ1) is 15.5. The average Bonchev–Trinajstić information content (AvgIpc) is 2.98. The minimum absolute atomic E-state index is 0.0172. The summed E-state index contributed by atoms with van der Waals surface area (Å²) in [5, 5.41) is 13.6. The Morgan fingerprint density at radius 2 is 2.04 bits per heavy atom. The van der Waals surface area contributed by atoms with Crippen molar-refractivity contribution in [3.63, 3.8) is 0 Å². The van der Waals surface area contributed by atoms with Gasteiger partial charge in [-0.2, -0.15) is 0 Å². The highest BCUT2D eigenvalue weighted by Crippen LogP contribution is 2.23. The predicted molar refractivity (Wildman–Crippen MR) is 84.9 cm³/mol. The number of para-hydroxylation sites is 1. The molecule has 0 bridgehead atoms. The summed E-state index contributed by atoms with van der Waals surface area (Å²) in [6.07, 6.45) is -0.950. The average molecular weight is 334 g/mol. The van der Waals surface area contributed by atoms with Crippen molar-refractivity contribution in [1.82, 2.24) is 5.32 Å². The lowest BCUT2D eigenvalue weighted by atomic mass is 10.1. The van der Waals surface area contributed by atoms with Crippen LogP contribution in [0.25, 0.3) is 11.0 Å². The van der Waals surface area contributed by atoms with E-state index in [0.29, 0.717) is 16.0 Å². The predicted octanol–water partition coefficient (Wildman–Crippen LogP) is 3.69. The van der Waals surface area contributed by atoms with Crippen LogP contribution in [-0.2, 0) is 0 Å². The summed E-state index contributed by atoms with van der Waals surface area (Å²) >= 11 is 5.99. The van der Waals surface area contributed by atoms with Crippen molar-refractivity contribution < 1.29 is 18.7 Å². The summed E-state index contributed by atoms with van der Waals surface area (Å²) < 4.78 is 18.8. The number of hydrogen-bond acceptors (Lipinski definition) is 3. The fraction of sp³-hybridized carbons (Fsp3) is 0.118. The Morgan fingerprint density at radius 3 is 2.78 bits per heavy atom. The van der Waals surface area contributed by atoms with Crippen LogP contribution in [0.4, 0.5) is 4.39 Å². The van der Waals surface area contributed by atoms with Crippen LogP contribution in [0.1, 0.15) is 22.2 Å². The third-order valence-electron chi connectivity index (χ3n) is 3.44. The van der Waals surface area contributed by atoms with Gasteiger partial charge in [0.2, 0.25) is 0 Å². The van der Waals surface area contributed by atoms with Crippen molar-refractivity contribution in [1.29, 1.82) is 0 Å². The van der Waals surface area contributed by atoms with Crippen LogP contribution in [0.2, 0.25) is 5.02 Å². The van der Waals surface area contributed by atoms with E-state index in [1.807, 2.05) is 0 Å². The van der Waals surface area contributed by atoms with E-state index in [0.717, 1.165) is 0 Å². The minimum Gasteiger partial charge on any atom is -0.448 e. The van der Waals surface area contributed by atoms with Gasteiger partial charge in [0.05, 0.1) is 6.10 Å². The molecule has 2 aromatic carbocycles. The molecule has 2 N–H and O–H groups in total. The summed E-state index contributed by atoms with van der Waals surface area (Å²) in [6, 6.07) is 12.7. The number of hydrogen-bond donors (Lipinski definition) is 2. The lowest BCUT2D eigenvalue weighted by molar-refractivity contribution is 0.0891. The lowest BCUT2D eigenvalue weighted by Gasteiger charge is -2.12. The maximum atomic E-state index is 13.6. The second-order valence-electron chi connectivity index (χ2n) is 5.02. The van der Waals surface area contributed by atoms with Gasteiger partial charge in [-0.1, -0.05) is 41.9 Å². The number of fused-ring (bicyclic) bond motifs is 1. The van der Waals surface area contributed by atoms with Crippen LogP contribution in [0.15, 0.2) is 52.9 Å². The van der Waals surface area contributed by atoms with E-state index < -0.39 is 17.8 Å². The summed E-state index contributed by atoms with van der Waals surface area (Å²) in [5.74, 6) is -1.08. The molecule has 4 nitrogen and oxygen atoms in total. The molecule has 0 fully saturated rings. The number of halogens is 2. The summed E-state index contributed by atoms with van der Waals surface area (Å²) in [5.41, 5.74) is 0.550. The molecule has 0 aliphatic rings. The molecule has 3 rings (SSSR count). The van der Waals surface area contributed by atoms with Crippen LogP contribution in [-0.4, -0.2) is 17.6 Å². The number of aliphatic hydroxyl groups is 1. The number of carbonyl (C=O) groups excluding carboxylic acids is 1. The molecule has 23 heavy (non-hydrogen) atoms. The fourth-order valence-electron chi connectivity index (χ4n) is 2.27. The lowest BCUT2D eigenvalue weighted by Crippen LogP contribution is -2.28. The summed E-state index contributed by atoms with van der Waals surface area (Å²) in [6.45, 7) is -0.0396. The van der Waals surface area contributed by atoms with Crippen LogP contribution in [0.5, 0.6) is 0 Å². The van der Waals surface area contributed by atoms with Crippen molar-refractivity contribution in [2.24, 2.45) is 0 Å². The van der Waals surface area contributed by atoms with Crippen molar-refractivity contribution in [2.75, 3.05) is 6.54 Å². The van der Waals surface area contributed by atoms with Crippen molar-refractivity contribution in [2.45, 2.75) is 6.10 Å². The first-order valence-electron chi connectivity index (χ1n) is 6.95. The standard InChI is InChI=1S/C17H13ClFNO3/c18-12-6-2-1-5-11(12)14(21)9-20-17(22)15-8-10-4-3-7-13(19)16(10)23-15/h1-8,14,21H,9H2,(H,20,22). The van der Waals surface area contributed by atoms with Crippen molar-refractivity contribution in [3.05, 3.63) is 70.7 Å². The molecule has 6 heteroatoms. The van der Waals surface area contributed by atoms with Gasteiger partial charge in [0.1, 0.15) is 0 Å². The molecular formula is C17H13ClFNO3. The molecule has 0 saturated carbocycles. The monoisotopic (exact) mass is 333 g/mol. The molecule has 1 amide bonds. The second kappa shape index (κ2) is 6.40. The number of aliphatic hydroxyl groups excluding tert-OH is 1. The smallest absolute Gasteiger partial charge is 0.287 e. The van der Waals surface area contributed by atoms with E-state index >= 15 is 0 Å². The Hall–Kier alpha value is -2.37. The zero-order chi connectivity index (χ0) is 16.4. The first-order chi connectivity index (χ1) is 11.1. The number of amides is 1. The molecule has 118 valence electrons. The van der Waals surface area contributed by atoms with Crippen LogP contribution >= 0.6 is 11.6 Å². The Morgan fingerprint density at radius 1 is 1.26 bits per heavy atom. The Bertz CT molecular complexity index is 862. The molecule has 0 radical (unpaired) electrons. The topological polar surface area (TPSA) is 62.5 Å². The van der Waals surface area contributed by atoms with Gasteiger partial charge < -0.3 is 14.8 Å². The highest BCUT2D eigenvalue weighted by Gasteiger charge is 2.17. The van der Waals surface area contributed by atoms with Gasteiger partial charge in [0.25, 0.3) is 5.91 Å². The summed E-state index contributed by atoms with van der Waals surface area (Å²) in [7, 11) is 0. The largest absolute Gasteiger partial charge is 0.448 e. The molecule has 1 atom stereocenters. The number of carbonyl (C=O) groups is 1. The third-order valence-corrected chi connectivity index (χ3v) is 3.78. The van der Waals surface area contributed by atoms with Crippen molar-refractivity contribution >= 4 is 28.5 Å². The zero-order valence-electron chi connectivity index (χ0n) is 11.9. The molecule has 0 spiro atoms. The maximum absolute atomic E-state index is 13.6. The quantitative estimate of drug-likeness (QED) is 0.765. The van der Waals surface area contributed by atoms with Crippen LogP contribution < -0.4 is 5.32 Å². The van der Waals surface area contributed by atoms with E-state index in [-0.39, 0.29) is 17.9 Å². The van der Waals surface area contributed by atoms with Gasteiger partial charge in [-0.3, -0.25) is 4.79 Å². The minimum atomic E-state index is -0.950. The number of rotatable bonds is 4. The maximum Gasteiger partial charge on any atom is 0.287 e. The summed E-state index contributed by atoms with van der Waals surface area (Å²) in [4.78, 5) is 12.1. The van der Waals surface area contributed by atoms with Crippen LogP contribution in [0, 0.1) is 5.82 Å². The number of nitrogens with one attached hydrogen (secondary N) is 1. The molecule has 0 aliphatic carbocycles. The molecule has 1 unspecified atom stereocenters. The zero-order valence-corrected chi connectivity index (χ0v) is 12.7. The molecular weight excluding hydrogens is 321 g/mol. The third kappa shape index (κ3) is 3.21. The highest BCUT2D eigenvalue weighted by molar-refractivity contribution is 6.31. The van der Waals surface area contributed by atoms with Crippen molar-refractivity contribution in [3.8, 4) is 0 Å². The Balaban J connectivity index is 1.71. The fourth-order valence-corrected chi connectivity index (χ4v) is 2.53. The van der Waals surface area contributed by atoms with Crippen LogP contribution in [0.3, 0.4) is 0 Å². The van der Waals surface area contributed by atoms with Gasteiger partial charge >= 0.3 is 0 Å². The van der Waals surface area contributed by atoms with E-state index in [4.69, 9.17) is 16.0 Å². The SMILES string of the molecule is O=C(NCC(O)c1ccccc1Cl)c1cc2cccc(F)c2o1. The second-order valence-corrected chi connectivity index (χ2v) is 5.42. The molecule has 3 aromatic rings. The van der Waals surface area contributed by atoms with E-state index in [1.165, 1.54) is 18.2 Å². The van der Waals surface area contributed by atoms with E-state index in [1.54, 1.807) is 30.3 Å². The first-order valence-corrected chi connectivity index (χ1v) is 7.33. The van der Waals surface area contributed by atoms with Gasteiger partial charge in [-0.25, -0.2) is 4.39 Å². The molecule has 1 aromatic heterocycles. The Labute approximate surface area is 136 Å². The normalized spacial score (nSPS) is 12.3. The van der Waals surface area contributed by atoms with Gasteiger partial charge in [0.15, 0.2) is 17.2 Å². The van der Waals surface area contributed by atoms with Gasteiger partial charge in [0, 0.05) is 22.5 Å². The molecule has 0 saturated heterocycles. The molecule has 0 aliphatic heterocycles. The highest BCUT2D eigenvalue weighted by atomic mass is 35.5. The number of benzene rings is 2.